The van der Waals surface area contributed by atoms with E-state index in [2.05, 4.69) is 25.2 Å². The largest absolute Gasteiger partial charge is 0.433 e. The first-order valence-electron chi connectivity index (χ1n) is 9.04. The van der Waals surface area contributed by atoms with Gasteiger partial charge in [0, 0.05) is 30.8 Å². The molecule has 2 aromatic rings. The topological polar surface area (TPSA) is 53.9 Å². The SMILES string of the molecule is CN(C)CC1(CNc2cc(C(F)(F)F)nc(-c3ccccn3)n2)CCCC1. The van der Waals surface area contributed by atoms with Crippen LogP contribution in [0.15, 0.2) is 30.5 Å². The molecule has 0 atom stereocenters. The van der Waals surface area contributed by atoms with E-state index < -0.39 is 11.9 Å². The molecular formula is C19H24F3N5. The lowest BCUT2D eigenvalue weighted by molar-refractivity contribution is -0.141. The second-order valence-electron chi connectivity index (χ2n) is 7.47. The molecule has 1 N–H and O–H groups in total. The van der Waals surface area contributed by atoms with Crippen LogP contribution >= 0.6 is 0 Å². The van der Waals surface area contributed by atoms with E-state index in [4.69, 9.17) is 0 Å². The summed E-state index contributed by atoms with van der Waals surface area (Å²) in [5.41, 5.74) is -0.595. The van der Waals surface area contributed by atoms with Gasteiger partial charge in [0.05, 0.1) is 0 Å². The lowest BCUT2D eigenvalue weighted by Gasteiger charge is -2.32. The van der Waals surface area contributed by atoms with Gasteiger partial charge in [0.2, 0.25) is 0 Å². The number of nitrogens with one attached hydrogen (secondary N) is 1. The first-order chi connectivity index (χ1) is 12.8. The van der Waals surface area contributed by atoms with Gasteiger partial charge in [-0.05, 0) is 39.1 Å². The smallest absolute Gasteiger partial charge is 0.369 e. The summed E-state index contributed by atoms with van der Waals surface area (Å²) in [4.78, 5) is 14.2. The van der Waals surface area contributed by atoms with Crippen molar-refractivity contribution in [2.24, 2.45) is 5.41 Å². The lowest BCUT2D eigenvalue weighted by Crippen LogP contribution is -2.37. The highest BCUT2D eigenvalue weighted by atomic mass is 19.4. The van der Waals surface area contributed by atoms with Crippen LogP contribution in [0.25, 0.3) is 11.5 Å². The molecule has 146 valence electrons. The Bertz CT molecular complexity index is 756. The molecule has 2 heterocycles. The highest BCUT2D eigenvalue weighted by Gasteiger charge is 2.36. The van der Waals surface area contributed by atoms with Crippen molar-refractivity contribution in [3.05, 3.63) is 36.2 Å². The van der Waals surface area contributed by atoms with E-state index >= 15 is 0 Å². The zero-order valence-corrected chi connectivity index (χ0v) is 15.6. The van der Waals surface area contributed by atoms with Crippen LogP contribution in [-0.4, -0.2) is 47.0 Å². The van der Waals surface area contributed by atoms with Gasteiger partial charge in [-0.1, -0.05) is 18.9 Å². The standard InChI is InChI=1S/C19H24F3N5/c1-27(2)13-18(8-4-5-9-18)12-24-16-11-15(19(20,21)22)25-17(26-16)14-7-3-6-10-23-14/h3,6-7,10-11H,4-5,8-9,12-13H2,1-2H3,(H,24,25,26). The van der Waals surface area contributed by atoms with E-state index in [1.807, 2.05) is 14.1 Å². The zero-order chi connectivity index (χ0) is 19.5. The molecule has 0 bridgehead atoms. The predicted octanol–water partition coefficient (Wildman–Crippen LogP) is 4.09. The van der Waals surface area contributed by atoms with Crippen molar-refractivity contribution in [3.8, 4) is 11.5 Å². The number of aromatic nitrogens is 3. The van der Waals surface area contributed by atoms with Crippen LogP contribution < -0.4 is 5.32 Å². The lowest BCUT2D eigenvalue weighted by atomic mass is 9.85. The number of hydrogen-bond acceptors (Lipinski definition) is 5. The molecule has 0 aliphatic heterocycles. The van der Waals surface area contributed by atoms with Gasteiger partial charge in [-0.3, -0.25) is 4.98 Å². The molecule has 0 saturated heterocycles. The summed E-state index contributed by atoms with van der Waals surface area (Å²) in [5, 5.41) is 3.15. The maximum atomic E-state index is 13.3. The molecule has 2 aromatic heterocycles. The van der Waals surface area contributed by atoms with Gasteiger partial charge in [-0.2, -0.15) is 13.2 Å². The van der Waals surface area contributed by atoms with E-state index in [1.54, 1.807) is 18.2 Å². The van der Waals surface area contributed by atoms with Crippen molar-refractivity contribution in [1.82, 2.24) is 19.9 Å². The Morgan fingerprint density at radius 2 is 1.89 bits per heavy atom. The minimum atomic E-state index is -4.54. The van der Waals surface area contributed by atoms with Gasteiger partial charge in [0.15, 0.2) is 11.5 Å². The third-order valence-electron chi connectivity index (χ3n) is 4.87. The van der Waals surface area contributed by atoms with Gasteiger partial charge >= 0.3 is 6.18 Å². The Labute approximate surface area is 157 Å². The fraction of sp³-hybridized carbons (Fsp3) is 0.526. The maximum Gasteiger partial charge on any atom is 0.433 e. The van der Waals surface area contributed by atoms with Crippen LogP contribution in [0.1, 0.15) is 31.4 Å². The molecule has 0 amide bonds. The second kappa shape index (κ2) is 7.80. The van der Waals surface area contributed by atoms with Crippen LogP contribution in [0.3, 0.4) is 0 Å². The van der Waals surface area contributed by atoms with Crippen molar-refractivity contribution in [2.75, 3.05) is 32.5 Å². The maximum absolute atomic E-state index is 13.3. The van der Waals surface area contributed by atoms with E-state index in [-0.39, 0.29) is 17.1 Å². The van der Waals surface area contributed by atoms with Crippen molar-refractivity contribution >= 4 is 5.82 Å². The Morgan fingerprint density at radius 1 is 1.15 bits per heavy atom. The molecule has 27 heavy (non-hydrogen) atoms. The zero-order valence-electron chi connectivity index (χ0n) is 15.6. The Balaban J connectivity index is 1.88. The van der Waals surface area contributed by atoms with Crippen molar-refractivity contribution < 1.29 is 13.2 Å². The number of halogens is 3. The van der Waals surface area contributed by atoms with Gasteiger partial charge in [-0.15, -0.1) is 0 Å². The van der Waals surface area contributed by atoms with Gasteiger partial charge in [-0.25, -0.2) is 9.97 Å². The summed E-state index contributed by atoms with van der Waals surface area (Å²) in [6.45, 7) is 1.48. The molecule has 0 spiro atoms. The third-order valence-corrected chi connectivity index (χ3v) is 4.87. The van der Waals surface area contributed by atoms with Crippen LogP contribution in [0, 0.1) is 5.41 Å². The van der Waals surface area contributed by atoms with E-state index in [9.17, 15) is 13.2 Å². The highest BCUT2D eigenvalue weighted by Crippen LogP contribution is 2.39. The summed E-state index contributed by atoms with van der Waals surface area (Å²) >= 11 is 0. The minimum Gasteiger partial charge on any atom is -0.369 e. The Hall–Kier alpha value is -2.22. The van der Waals surface area contributed by atoms with E-state index in [0.717, 1.165) is 38.3 Å². The number of rotatable bonds is 6. The fourth-order valence-corrected chi connectivity index (χ4v) is 3.76. The molecule has 1 fully saturated rings. The van der Waals surface area contributed by atoms with Gasteiger partial charge < -0.3 is 10.2 Å². The average Bonchev–Trinajstić information content (AvgIpc) is 3.08. The quantitative estimate of drug-likeness (QED) is 0.819. The van der Waals surface area contributed by atoms with Gasteiger partial charge in [0.1, 0.15) is 11.5 Å². The van der Waals surface area contributed by atoms with Crippen LogP contribution in [0.5, 0.6) is 0 Å². The van der Waals surface area contributed by atoms with Gasteiger partial charge in [0.25, 0.3) is 0 Å². The Morgan fingerprint density at radius 3 is 2.48 bits per heavy atom. The molecule has 8 heteroatoms. The molecule has 1 saturated carbocycles. The Kier molecular flexibility index (Phi) is 5.64. The number of anilines is 1. The van der Waals surface area contributed by atoms with E-state index in [0.29, 0.717) is 12.2 Å². The van der Waals surface area contributed by atoms with E-state index in [1.165, 1.54) is 6.20 Å². The average molecular weight is 379 g/mol. The van der Waals surface area contributed by atoms with Crippen LogP contribution in [-0.2, 0) is 6.18 Å². The first kappa shape index (κ1) is 19.5. The van der Waals surface area contributed by atoms with Crippen molar-refractivity contribution in [1.29, 1.82) is 0 Å². The summed E-state index contributed by atoms with van der Waals surface area (Å²) in [5.74, 6) is 0.156. The first-order valence-corrected chi connectivity index (χ1v) is 9.04. The summed E-state index contributed by atoms with van der Waals surface area (Å²) < 4.78 is 39.9. The molecule has 3 rings (SSSR count). The van der Waals surface area contributed by atoms with Crippen molar-refractivity contribution in [3.63, 3.8) is 0 Å². The highest BCUT2D eigenvalue weighted by molar-refractivity contribution is 5.53. The number of nitrogens with zero attached hydrogens (tertiary/aromatic N) is 4. The third kappa shape index (κ3) is 4.94. The second-order valence-corrected chi connectivity index (χ2v) is 7.47. The molecule has 0 unspecified atom stereocenters. The molecule has 1 aliphatic carbocycles. The number of alkyl halides is 3. The van der Waals surface area contributed by atoms with Crippen molar-refractivity contribution in [2.45, 2.75) is 31.9 Å². The van der Waals surface area contributed by atoms with Crippen LogP contribution in [0.2, 0.25) is 0 Å². The summed E-state index contributed by atoms with van der Waals surface area (Å²) in [6, 6.07) is 5.97. The summed E-state index contributed by atoms with van der Waals surface area (Å²) in [6.07, 6.45) is 1.37. The molecule has 0 aromatic carbocycles. The number of hydrogen-bond donors (Lipinski definition) is 1. The molecular weight excluding hydrogens is 355 g/mol. The molecule has 1 aliphatic rings. The minimum absolute atomic E-state index is 0.0268. The number of pyridine rings is 1. The van der Waals surface area contributed by atoms with Crippen LogP contribution in [0.4, 0.5) is 19.0 Å². The summed E-state index contributed by atoms with van der Waals surface area (Å²) in [7, 11) is 4.04. The predicted molar refractivity (Wildman–Crippen MR) is 98.2 cm³/mol. The normalized spacial score (nSPS) is 16.7. The monoisotopic (exact) mass is 379 g/mol. The molecule has 0 radical (unpaired) electrons. The fourth-order valence-electron chi connectivity index (χ4n) is 3.76. The molecule has 5 nitrogen and oxygen atoms in total.